The number of nitrogens with one attached hydrogen (secondary N) is 3. The van der Waals surface area contributed by atoms with E-state index < -0.39 is 37.2 Å². The lowest BCUT2D eigenvalue weighted by atomic mass is 10.0. The van der Waals surface area contributed by atoms with Crippen LogP contribution in [0, 0.1) is 0 Å². The van der Waals surface area contributed by atoms with Gasteiger partial charge in [0.25, 0.3) is 5.91 Å². The van der Waals surface area contributed by atoms with E-state index in [0.717, 1.165) is 38.5 Å². The van der Waals surface area contributed by atoms with E-state index in [1.165, 1.54) is 135 Å². The van der Waals surface area contributed by atoms with Crippen LogP contribution in [-0.2, 0) is 46.9 Å². The van der Waals surface area contributed by atoms with Gasteiger partial charge in [0.1, 0.15) is 19.7 Å². The lowest BCUT2D eigenvalue weighted by molar-refractivity contribution is -0.128. The van der Waals surface area contributed by atoms with Crippen molar-refractivity contribution in [2.24, 2.45) is 0 Å². The smallest absolute Gasteiger partial charge is 0.355 e. The Morgan fingerprint density at radius 2 is 1.08 bits per heavy atom. The van der Waals surface area contributed by atoms with Gasteiger partial charge in [-0.15, -0.1) is 0 Å². The van der Waals surface area contributed by atoms with Crippen LogP contribution >= 0.6 is 7.82 Å². The first kappa shape index (κ1) is 57.3. The number of carbonyl (C=O) groups excluding carboxylic acids is 3. The van der Waals surface area contributed by atoms with Crippen LogP contribution in [0.2, 0.25) is 0 Å². The van der Waals surface area contributed by atoms with Gasteiger partial charge >= 0.3 is 7.82 Å². The number of hydrogen-bond donors (Lipinski definition) is 4. The van der Waals surface area contributed by atoms with Crippen molar-refractivity contribution in [1.29, 1.82) is 0 Å². The summed E-state index contributed by atoms with van der Waals surface area (Å²) in [6, 6.07) is 0. The highest BCUT2D eigenvalue weighted by atomic mass is 31.2. The first-order valence-electron chi connectivity index (χ1n) is 24.1. The van der Waals surface area contributed by atoms with Crippen LogP contribution in [0.5, 0.6) is 0 Å². The van der Waals surface area contributed by atoms with Crippen molar-refractivity contribution in [1.82, 2.24) is 16.0 Å². The van der Waals surface area contributed by atoms with E-state index >= 15 is 0 Å². The van der Waals surface area contributed by atoms with Crippen molar-refractivity contribution < 1.29 is 51.8 Å². The molecule has 1 aliphatic rings. The number of amides is 2. The Bertz CT molecular complexity index is 1160. The Morgan fingerprint density at radius 1 is 0.656 bits per heavy atom. The monoisotopic (exact) mass is 890 g/mol. The van der Waals surface area contributed by atoms with Crippen LogP contribution in [0.25, 0.3) is 0 Å². The molecule has 1 heterocycles. The van der Waals surface area contributed by atoms with E-state index in [4.69, 9.17) is 28.0 Å². The second-order valence-electron chi connectivity index (χ2n) is 16.4. The number of phosphoric ester groups is 1. The van der Waals surface area contributed by atoms with Gasteiger partial charge < -0.3 is 34.5 Å². The average molecular weight is 890 g/mol. The Kier molecular flexibility index (Phi) is 37.4. The molecule has 0 spiro atoms. The summed E-state index contributed by atoms with van der Waals surface area (Å²) in [6.07, 6.45) is 36.0. The molecule has 1 fully saturated rings. The third kappa shape index (κ3) is 33.4. The SMILES string of the molecule is CCCCCCCC/C=C\CCCCCCCOCOCC(COCOCCCCCCCCCCCCCCC)OP(=O)(O)OCCNC(=O)CCC(=O)C1(NC)NC1=O. The fourth-order valence-corrected chi connectivity index (χ4v) is 7.81. The number of rotatable bonds is 48. The lowest BCUT2D eigenvalue weighted by Gasteiger charge is -2.21. The maximum Gasteiger partial charge on any atom is 0.472 e. The summed E-state index contributed by atoms with van der Waals surface area (Å²) in [5.74, 6) is -1.33. The minimum atomic E-state index is -4.56. The molecule has 0 aromatic carbocycles. The molecule has 3 unspecified atom stereocenters. The molecule has 3 atom stereocenters. The summed E-state index contributed by atoms with van der Waals surface area (Å²) >= 11 is 0. The predicted octanol–water partition coefficient (Wildman–Crippen LogP) is 9.72. The van der Waals surface area contributed by atoms with Gasteiger partial charge in [-0.3, -0.25) is 28.7 Å². The highest BCUT2D eigenvalue weighted by Gasteiger charge is 2.58. The number of carbonyl (C=O) groups is 3. The minimum absolute atomic E-state index is 0.00356. The number of ketones is 1. The van der Waals surface area contributed by atoms with Crippen LogP contribution in [0.4, 0.5) is 0 Å². The van der Waals surface area contributed by atoms with E-state index in [2.05, 4.69) is 41.9 Å². The zero-order valence-electron chi connectivity index (χ0n) is 38.7. The van der Waals surface area contributed by atoms with Crippen LogP contribution in [0.3, 0.4) is 0 Å². The molecule has 0 bridgehead atoms. The van der Waals surface area contributed by atoms with E-state index in [9.17, 15) is 23.8 Å². The van der Waals surface area contributed by atoms with Crippen LogP contribution in [-0.4, -0.2) is 94.5 Å². The highest BCUT2D eigenvalue weighted by molar-refractivity contribution is 7.47. The Hall–Kier alpha value is -1.74. The van der Waals surface area contributed by atoms with Crippen molar-refractivity contribution in [2.75, 3.05) is 60.2 Å². The number of likely N-dealkylation sites (N-methyl/N-ethyl adjacent to an activating group) is 1. The fraction of sp³-hybridized carbons (Fsp3) is 0.891. The number of unbranched alkanes of at least 4 members (excludes halogenated alkanes) is 23. The summed E-state index contributed by atoms with van der Waals surface area (Å²) < 4.78 is 45.7. The largest absolute Gasteiger partial charge is 0.472 e. The third-order valence-corrected chi connectivity index (χ3v) is 11.9. The molecule has 4 N–H and O–H groups in total. The molecular formula is C46H88N3O11P. The topological polar surface area (TPSA) is 190 Å². The van der Waals surface area contributed by atoms with E-state index in [-0.39, 0.29) is 52.8 Å². The molecule has 0 aliphatic carbocycles. The maximum absolute atomic E-state index is 12.8. The van der Waals surface area contributed by atoms with Crippen molar-refractivity contribution >= 4 is 25.4 Å². The number of hydrogen-bond acceptors (Lipinski definition) is 11. The number of phosphoric acid groups is 1. The van der Waals surface area contributed by atoms with E-state index in [1.807, 2.05) is 0 Å². The average Bonchev–Trinajstić information content (AvgIpc) is 3.93. The highest BCUT2D eigenvalue weighted by Crippen LogP contribution is 2.44. The molecule has 0 aromatic heterocycles. The minimum Gasteiger partial charge on any atom is -0.355 e. The summed E-state index contributed by atoms with van der Waals surface area (Å²) in [5.41, 5.74) is -1.40. The first-order chi connectivity index (χ1) is 29.7. The van der Waals surface area contributed by atoms with Gasteiger partial charge in [0, 0.05) is 32.6 Å². The molecule has 358 valence electrons. The normalized spacial score (nSPS) is 16.5. The zero-order chi connectivity index (χ0) is 44.5. The van der Waals surface area contributed by atoms with Gasteiger partial charge in [0.15, 0.2) is 5.78 Å². The molecular weight excluding hydrogens is 801 g/mol. The number of Topliss-reactive ketones (excluding diaryl/α,β-unsaturated/α-hetero) is 1. The molecule has 1 rings (SSSR count). The maximum atomic E-state index is 12.8. The molecule has 15 heteroatoms. The van der Waals surface area contributed by atoms with Gasteiger partial charge in [0.2, 0.25) is 11.6 Å². The van der Waals surface area contributed by atoms with Crippen molar-refractivity contribution in [3.8, 4) is 0 Å². The Labute approximate surface area is 370 Å². The second kappa shape index (κ2) is 39.8. The Balaban J connectivity index is 2.27. The zero-order valence-corrected chi connectivity index (χ0v) is 39.6. The molecule has 2 amide bonds. The summed E-state index contributed by atoms with van der Waals surface area (Å²) in [5, 5.41) is 7.58. The van der Waals surface area contributed by atoms with Crippen molar-refractivity contribution in [3.63, 3.8) is 0 Å². The number of allylic oxidation sites excluding steroid dienone is 2. The van der Waals surface area contributed by atoms with Gasteiger partial charge in [-0.1, -0.05) is 154 Å². The summed E-state index contributed by atoms with van der Waals surface area (Å²) in [4.78, 5) is 46.3. The van der Waals surface area contributed by atoms with E-state index in [1.54, 1.807) is 0 Å². The molecule has 0 aromatic rings. The van der Waals surface area contributed by atoms with E-state index in [0.29, 0.717) is 13.2 Å². The molecule has 0 radical (unpaired) electrons. The lowest BCUT2D eigenvalue weighted by Crippen LogP contribution is -2.42. The van der Waals surface area contributed by atoms with Gasteiger partial charge in [-0.2, -0.15) is 0 Å². The summed E-state index contributed by atoms with van der Waals surface area (Å²) in [6.45, 7) is 5.09. The second-order valence-corrected chi connectivity index (χ2v) is 17.8. The van der Waals surface area contributed by atoms with Crippen LogP contribution in [0.1, 0.15) is 194 Å². The van der Waals surface area contributed by atoms with Gasteiger partial charge in [0.05, 0.1) is 19.8 Å². The molecule has 14 nitrogen and oxygen atoms in total. The Morgan fingerprint density at radius 3 is 1.51 bits per heavy atom. The van der Waals surface area contributed by atoms with Crippen molar-refractivity contribution in [3.05, 3.63) is 12.2 Å². The molecule has 1 aliphatic heterocycles. The molecule has 0 saturated carbocycles. The third-order valence-electron chi connectivity index (χ3n) is 10.8. The van der Waals surface area contributed by atoms with Gasteiger partial charge in [-0.25, -0.2) is 4.57 Å². The first-order valence-corrected chi connectivity index (χ1v) is 25.6. The quantitative estimate of drug-likeness (QED) is 0.0113. The molecule has 1 saturated heterocycles. The fourth-order valence-electron chi connectivity index (χ4n) is 6.92. The summed E-state index contributed by atoms with van der Waals surface area (Å²) in [7, 11) is -3.08. The standard InChI is InChI=1S/C46H88N3O11P/c1-4-6-8-10-12-14-16-18-19-21-23-25-27-29-31-36-56-41-58-39-42(38-57-40-55-35-30-28-26-24-22-20-17-15-13-11-9-7-5-2)60-61(53,54)59-37-34-48-44(51)33-32-43(50)46(47-3)45(52)49-46/h18-19,42,47H,4-17,20-41H2,1-3H3,(H,48,51)(H,49,52)(H,53,54)/b19-18-. The predicted molar refractivity (Wildman–Crippen MR) is 242 cm³/mol. The number of ether oxygens (including phenoxy) is 4. The van der Waals surface area contributed by atoms with Crippen LogP contribution in [0.15, 0.2) is 12.2 Å². The van der Waals surface area contributed by atoms with Gasteiger partial charge in [-0.05, 0) is 45.6 Å². The van der Waals surface area contributed by atoms with Crippen molar-refractivity contribution in [2.45, 2.75) is 205 Å². The molecule has 61 heavy (non-hydrogen) atoms. The van der Waals surface area contributed by atoms with Crippen LogP contribution < -0.4 is 16.0 Å².